The van der Waals surface area contributed by atoms with Gasteiger partial charge in [-0.2, -0.15) is 0 Å². The van der Waals surface area contributed by atoms with E-state index in [4.69, 9.17) is 4.74 Å². The smallest absolute Gasteiger partial charge is 0.255 e. The van der Waals surface area contributed by atoms with Crippen molar-refractivity contribution in [1.29, 1.82) is 0 Å². The predicted octanol–water partition coefficient (Wildman–Crippen LogP) is 4.75. The van der Waals surface area contributed by atoms with Crippen molar-refractivity contribution in [3.05, 3.63) is 111 Å². The minimum absolute atomic E-state index is 0.0224. The first-order chi connectivity index (χ1) is 32.6. The van der Waals surface area contributed by atoms with Crippen molar-refractivity contribution in [2.24, 2.45) is 5.92 Å². The van der Waals surface area contributed by atoms with Crippen molar-refractivity contribution in [1.82, 2.24) is 40.6 Å². The minimum Gasteiger partial charge on any atom is -0.488 e. The van der Waals surface area contributed by atoms with Crippen LogP contribution in [0.4, 0.5) is 4.39 Å². The third-order valence-corrected chi connectivity index (χ3v) is 14.6. The van der Waals surface area contributed by atoms with Gasteiger partial charge in [-0.15, -0.1) is 22.7 Å². The lowest BCUT2D eigenvalue weighted by Crippen LogP contribution is -2.55. The number of nitrogens with zero attached hydrogens (tertiary/aromatic N) is 5. The highest BCUT2D eigenvalue weighted by molar-refractivity contribution is 7.13. The fourth-order valence-electron chi connectivity index (χ4n) is 9.13. The molecular weight excluding hydrogens is 912 g/mol. The van der Waals surface area contributed by atoms with Crippen molar-refractivity contribution >= 4 is 58.1 Å². The van der Waals surface area contributed by atoms with Crippen molar-refractivity contribution < 1.29 is 43.0 Å². The first-order valence-electron chi connectivity index (χ1n) is 22.4. The van der Waals surface area contributed by atoms with Crippen molar-refractivity contribution in [3.8, 4) is 26.6 Å². The fraction of sp³-hybridized carbons (Fsp3) is 0.388. The van der Waals surface area contributed by atoms with Crippen LogP contribution in [0, 0.1) is 25.6 Å². The zero-order chi connectivity index (χ0) is 48.4. The van der Waals surface area contributed by atoms with Crippen LogP contribution < -0.4 is 20.7 Å². The third kappa shape index (κ3) is 10.3. The number of likely N-dealkylation sites (tertiary alicyclic amines) is 2. The lowest BCUT2D eigenvalue weighted by Gasteiger charge is -2.35. The van der Waals surface area contributed by atoms with Crippen LogP contribution in [0.1, 0.15) is 72.0 Å². The number of hydrogen-bond donors (Lipinski definition) is 4. The molecule has 8 rings (SSSR count). The summed E-state index contributed by atoms with van der Waals surface area (Å²) in [5.74, 6) is -3.25. The maximum atomic E-state index is 15.2. The summed E-state index contributed by atoms with van der Waals surface area (Å²) in [6.07, 6.45) is -1.50. The number of rotatable bonds is 15. The average molecular weight is 965 g/mol. The zero-order valence-electron chi connectivity index (χ0n) is 38.3. The van der Waals surface area contributed by atoms with Gasteiger partial charge in [0, 0.05) is 57.1 Å². The Bertz CT molecular complexity index is 2740. The van der Waals surface area contributed by atoms with Gasteiger partial charge in [-0.05, 0) is 60.2 Å². The standard InChI is InChI=1S/C49H53FN8O8S2/c1-26(2)43(49(65)57-22-35(60)15-40(57)46(62)53-19-33-11-10-32(14-39(33)50)45-28(4)55-25-68-45)58-21-34-12-13-36(16-38(34)48(58)64)66-37-17-41(56(23-37)42(61)20-51-29(5)59)47(63)52-18-30-6-8-31(9-7-30)44-27(3)54-24-67-44/h6-14,16,24-26,35,37,40-41,43,60H,15,17-23H2,1-5H3,(H,51,59)(H,52,63)(H,53,62)/t35-,37-,40+,41+,43+/m1/s1. The number of fused-ring (bicyclic) bond motifs is 1. The minimum atomic E-state index is -1.05. The van der Waals surface area contributed by atoms with Gasteiger partial charge in [0.25, 0.3) is 5.91 Å². The van der Waals surface area contributed by atoms with Gasteiger partial charge in [-0.3, -0.25) is 28.8 Å². The van der Waals surface area contributed by atoms with E-state index in [0.29, 0.717) is 22.4 Å². The van der Waals surface area contributed by atoms with Gasteiger partial charge >= 0.3 is 0 Å². The molecule has 5 atom stereocenters. The second-order valence-corrected chi connectivity index (χ2v) is 19.5. The predicted molar refractivity (Wildman–Crippen MR) is 253 cm³/mol. The van der Waals surface area contributed by atoms with E-state index in [1.54, 1.807) is 52.7 Å². The Kier molecular flexibility index (Phi) is 14.3. The topological polar surface area (TPSA) is 203 Å². The number of ether oxygens (including phenoxy) is 1. The molecule has 0 saturated carbocycles. The monoisotopic (exact) mass is 964 g/mol. The molecule has 16 nitrogen and oxygen atoms in total. The molecule has 2 saturated heterocycles. The van der Waals surface area contributed by atoms with Crippen LogP contribution in [-0.4, -0.2) is 115 Å². The molecule has 4 N–H and O–H groups in total. The van der Waals surface area contributed by atoms with Crippen LogP contribution in [-0.2, 0) is 43.6 Å². The summed E-state index contributed by atoms with van der Waals surface area (Å²) in [6, 6.07) is 14.7. The number of thiazole rings is 2. The number of halogens is 1. The molecule has 0 radical (unpaired) electrons. The van der Waals surface area contributed by atoms with Gasteiger partial charge in [0.05, 0.1) is 51.4 Å². The molecule has 0 spiro atoms. The molecule has 3 aliphatic heterocycles. The molecule has 68 heavy (non-hydrogen) atoms. The van der Waals surface area contributed by atoms with Crippen LogP contribution in [0.2, 0.25) is 0 Å². The molecular formula is C49H53FN8O8S2. The summed E-state index contributed by atoms with van der Waals surface area (Å²) in [6.45, 7) is 8.54. The number of aromatic nitrogens is 2. The Labute approximate surface area is 400 Å². The number of benzene rings is 3. The Balaban J connectivity index is 0.912. The second-order valence-electron chi connectivity index (χ2n) is 17.8. The van der Waals surface area contributed by atoms with Gasteiger partial charge < -0.3 is 40.5 Å². The first-order valence-corrected chi connectivity index (χ1v) is 24.2. The van der Waals surface area contributed by atoms with Gasteiger partial charge in [0.15, 0.2) is 0 Å². The van der Waals surface area contributed by atoms with Crippen LogP contribution >= 0.6 is 22.7 Å². The Hall–Kier alpha value is -6.57. The number of aliphatic hydroxyl groups is 1. The third-order valence-electron chi connectivity index (χ3n) is 12.6. The number of aliphatic hydroxyl groups excluding tert-OH is 1. The number of aryl methyl sites for hydroxylation is 2. The van der Waals surface area contributed by atoms with Crippen molar-refractivity contribution in [2.45, 2.75) is 97.4 Å². The molecule has 2 aromatic heterocycles. The van der Waals surface area contributed by atoms with Crippen LogP contribution in [0.5, 0.6) is 5.75 Å². The summed E-state index contributed by atoms with van der Waals surface area (Å²) in [5, 5.41) is 18.9. The van der Waals surface area contributed by atoms with Crippen LogP contribution in [0.3, 0.4) is 0 Å². The summed E-state index contributed by atoms with van der Waals surface area (Å²) in [5.41, 5.74) is 9.01. The van der Waals surface area contributed by atoms with E-state index >= 15 is 4.39 Å². The molecule has 5 heterocycles. The van der Waals surface area contributed by atoms with Gasteiger partial charge in [0.1, 0.15) is 35.8 Å². The number of hydrogen-bond acceptors (Lipinski definition) is 12. The highest BCUT2D eigenvalue weighted by Gasteiger charge is 2.46. The van der Waals surface area contributed by atoms with E-state index in [1.165, 1.54) is 39.0 Å². The Morgan fingerprint density at radius 2 is 1.47 bits per heavy atom. The normalized spacial score (nSPS) is 19.3. The van der Waals surface area contributed by atoms with E-state index in [0.717, 1.165) is 32.3 Å². The first kappa shape index (κ1) is 47.9. The number of nitrogens with one attached hydrogen (secondary N) is 3. The lowest BCUT2D eigenvalue weighted by molar-refractivity contribution is -0.143. The molecule has 2 fully saturated rings. The molecule has 6 amide bonds. The average Bonchev–Trinajstić information content (AvgIpc) is 4.17. The van der Waals surface area contributed by atoms with E-state index < -0.39 is 59.8 Å². The molecule has 356 valence electrons. The molecule has 0 bridgehead atoms. The lowest BCUT2D eigenvalue weighted by atomic mass is 10.0. The molecule has 3 aromatic carbocycles. The van der Waals surface area contributed by atoms with Gasteiger partial charge in [0.2, 0.25) is 29.5 Å². The van der Waals surface area contributed by atoms with E-state index in [-0.39, 0.29) is 75.4 Å². The van der Waals surface area contributed by atoms with E-state index in [2.05, 4.69) is 25.9 Å². The molecule has 0 unspecified atom stereocenters. The van der Waals surface area contributed by atoms with Crippen LogP contribution in [0.15, 0.2) is 71.7 Å². The Morgan fingerprint density at radius 3 is 2.10 bits per heavy atom. The SMILES string of the molecule is CC(=O)NCC(=O)N1C[C@H](Oc2ccc3c(c2)C(=O)N([C@H](C(=O)N2C[C@H](O)C[C@H]2C(=O)NCc2ccc(-c4scnc4C)cc2F)C(C)C)C3)C[C@H]1C(=O)NCc1ccc(-c2scnc2C)cc1. The number of amides is 6. The molecule has 19 heteroatoms. The van der Waals surface area contributed by atoms with E-state index in [1.807, 2.05) is 52.0 Å². The second kappa shape index (κ2) is 20.3. The highest BCUT2D eigenvalue weighted by atomic mass is 32.1. The quantitative estimate of drug-likeness (QED) is 0.113. The summed E-state index contributed by atoms with van der Waals surface area (Å²) < 4.78 is 21.6. The molecule has 5 aromatic rings. The number of β-amino-alcohol motifs (C(OH)–C–C–N with tert-alkyl or cyclic N) is 1. The van der Waals surface area contributed by atoms with Gasteiger partial charge in [-0.25, -0.2) is 14.4 Å². The van der Waals surface area contributed by atoms with Crippen molar-refractivity contribution in [3.63, 3.8) is 0 Å². The zero-order valence-corrected chi connectivity index (χ0v) is 39.9. The number of carbonyl (C=O) groups excluding carboxylic acids is 6. The maximum absolute atomic E-state index is 15.2. The summed E-state index contributed by atoms with van der Waals surface area (Å²) in [4.78, 5) is 95.7. The molecule has 0 aliphatic carbocycles. The summed E-state index contributed by atoms with van der Waals surface area (Å²) in [7, 11) is 0. The summed E-state index contributed by atoms with van der Waals surface area (Å²) >= 11 is 2.96. The fourth-order valence-corrected chi connectivity index (χ4v) is 10.7. The van der Waals surface area contributed by atoms with Crippen molar-refractivity contribution in [2.75, 3.05) is 19.6 Å². The van der Waals surface area contributed by atoms with Crippen LogP contribution in [0.25, 0.3) is 20.9 Å². The largest absolute Gasteiger partial charge is 0.488 e. The number of carbonyl (C=O) groups is 6. The van der Waals surface area contributed by atoms with E-state index in [9.17, 15) is 33.9 Å². The highest BCUT2D eigenvalue weighted by Crippen LogP contribution is 2.34. The van der Waals surface area contributed by atoms with Gasteiger partial charge in [-0.1, -0.05) is 56.3 Å². The Morgan fingerprint density at radius 1 is 0.824 bits per heavy atom. The maximum Gasteiger partial charge on any atom is 0.255 e. The molecule has 3 aliphatic rings.